The van der Waals surface area contributed by atoms with E-state index in [9.17, 15) is 0 Å². The number of benzene rings is 1. The van der Waals surface area contributed by atoms with Gasteiger partial charge in [-0.05, 0) is 55.0 Å². The molecule has 1 aromatic rings. The number of hydrogen-bond acceptors (Lipinski definition) is 2. The molecule has 0 atom stereocenters. The molecule has 0 fully saturated rings. The average molecular weight is 273 g/mol. The maximum Gasteiger partial charge on any atom is 0.161 e. The van der Waals surface area contributed by atoms with Crippen LogP contribution in [0, 0.1) is 6.08 Å². The first-order chi connectivity index (χ1) is 9.85. The van der Waals surface area contributed by atoms with Gasteiger partial charge in [-0.1, -0.05) is 32.8 Å². The van der Waals surface area contributed by atoms with Gasteiger partial charge in [0.05, 0.1) is 13.2 Å². The highest BCUT2D eigenvalue weighted by Crippen LogP contribution is 2.34. The molecule has 0 bridgehead atoms. The van der Waals surface area contributed by atoms with Crippen molar-refractivity contribution in [2.24, 2.45) is 0 Å². The van der Waals surface area contributed by atoms with E-state index in [1.165, 1.54) is 11.1 Å². The first-order valence-corrected chi connectivity index (χ1v) is 7.84. The van der Waals surface area contributed by atoms with E-state index >= 15 is 0 Å². The molecule has 0 saturated carbocycles. The summed E-state index contributed by atoms with van der Waals surface area (Å²) in [6.07, 6.45) is 11.9. The summed E-state index contributed by atoms with van der Waals surface area (Å²) >= 11 is 0. The monoisotopic (exact) mass is 273 g/mol. The zero-order chi connectivity index (χ0) is 14.2. The fourth-order valence-electron chi connectivity index (χ4n) is 2.24. The maximum atomic E-state index is 5.92. The molecule has 1 aromatic carbocycles. The second kappa shape index (κ2) is 7.98. The normalized spacial score (nSPS) is 13.1. The van der Waals surface area contributed by atoms with E-state index in [1.54, 1.807) is 0 Å². The summed E-state index contributed by atoms with van der Waals surface area (Å²) in [5.74, 6) is 1.79. The van der Waals surface area contributed by atoms with Crippen LogP contribution in [0.1, 0.15) is 57.1 Å². The number of fused-ring (bicyclic) bond motifs is 1. The molecule has 0 heterocycles. The molecule has 0 N–H and O–H groups in total. The number of hydrogen-bond donors (Lipinski definition) is 0. The molecule has 109 valence electrons. The molecule has 2 nitrogen and oxygen atoms in total. The first-order valence-electron chi connectivity index (χ1n) is 7.84. The number of aryl methyl sites for hydroxylation is 1. The van der Waals surface area contributed by atoms with Crippen LogP contribution in [0.3, 0.4) is 0 Å². The van der Waals surface area contributed by atoms with Crippen LogP contribution in [0.25, 0.3) is 6.08 Å². The van der Waals surface area contributed by atoms with Crippen LogP contribution in [-0.2, 0) is 6.42 Å². The quantitative estimate of drug-likeness (QED) is 0.633. The summed E-state index contributed by atoms with van der Waals surface area (Å²) in [6, 6.07) is 4.27. The summed E-state index contributed by atoms with van der Waals surface area (Å²) in [4.78, 5) is 0. The molecule has 0 spiro atoms. The Morgan fingerprint density at radius 2 is 1.65 bits per heavy atom. The highest BCUT2D eigenvalue weighted by atomic mass is 16.5. The lowest BCUT2D eigenvalue weighted by atomic mass is 9.97. The maximum absolute atomic E-state index is 5.92. The Morgan fingerprint density at radius 3 is 2.30 bits per heavy atom. The van der Waals surface area contributed by atoms with Gasteiger partial charge in [-0.25, -0.2) is 0 Å². The van der Waals surface area contributed by atoms with Crippen molar-refractivity contribution in [2.45, 2.75) is 52.4 Å². The van der Waals surface area contributed by atoms with Crippen molar-refractivity contribution in [1.29, 1.82) is 0 Å². The summed E-state index contributed by atoms with van der Waals surface area (Å²) in [5, 5.41) is 0. The third-order valence-electron chi connectivity index (χ3n) is 3.51. The SMILES string of the molecule is CCCCOc1cc2c(cc1OCCCC)CC[C]=C2. The summed E-state index contributed by atoms with van der Waals surface area (Å²) in [6.45, 7) is 5.87. The second-order valence-electron chi connectivity index (χ2n) is 5.25. The number of allylic oxidation sites excluding steroid dienone is 1. The highest BCUT2D eigenvalue weighted by molar-refractivity contribution is 5.61. The molecule has 2 heteroatoms. The minimum Gasteiger partial charge on any atom is -0.490 e. The molecule has 0 aliphatic heterocycles. The van der Waals surface area contributed by atoms with Gasteiger partial charge in [-0.3, -0.25) is 0 Å². The number of rotatable bonds is 8. The van der Waals surface area contributed by atoms with Crippen molar-refractivity contribution < 1.29 is 9.47 Å². The van der Waals surface area contributed by atoms with Gasteiger partial charge in [-0.15, -0.1) is 0 Å². The van der Waals surface area contributed by atoms with Crippen LogP contribution >= 0.6 is 0 Å². The van der Waals surface area contributed by atoms with Gasteiger partial charge in [0.25, 0.3) is 0 Å². The molecule has 0 amide bonds. The summed E-state index contributed by atoms with van der Waals surface area (Å²) < 4.78 is 11.8. The minimum absolute atomic E-state index is 0.757. The Morgan fingerprint density at radius 1 is 1.00 bits per heavy atom. The Bertz CT molecular complexity index is 449. The number of unbranched alkanes of at least 4 members (excludes halogenated alkanes) is 2. The summed E-state index contributed by atoms with van der Waals surface area (Å²) in [7, 11) is 0. The van der Waals surface area contributed by atoms with E-state index in [0.29, 0.717) is 0 Å². The van der Waals surface area contributed by atoms with Crippen LogP contribution < -0.4 is 9.47 Å². The molecule has 1 radical (unpaired) electrons. The van der Waals surface area contributed by atoms with Gasteiger partial charge in [0.15, 0.2) is 11.5 Å². The fourth-order valence-corrected chi connectivity index (χ4v) is 2.24. The van der Waals surface area contributed by atoms with E-state index in [4.69, 9.17) is 9.47 Å². The zero-order valence-electron chi connectivity index (χ0n) is 12.7. The average Bonchev–Trinajstić information content (AvgIpc) is 2.48. The van der Waals surface area contributed by atoms with Crippen molar-refractivity contribution in [3.05, 3.63) is 29.3 Å². The molecule has 20 heavy (non-hydrogen) atoms. The van der Waals surface area contributed by atoms with Gasteiger partial charge < -0.3 is 9.47 Å². The molecule has 0 saturated heterocycles. The third kappa shape index (κ3) is 4.03. The molecule has 1 aliphatic rings. The van der Waals surface area contributed by atoms with Crippen molar-refractivity contribution in [2.75, 3.05) is 13.2 Å². The van der Waals surface area contributed by atoms with E-state index in [2.05, 4.69) is 38.1 Å². The Balaban J connectivity index is 2.14. The van der Waals surface area contributed by atoms with Crippen molar-refractivity contribution in [3.8, 4) is 11.5 Å². The zero-order valence-corrected chi connectivity index (χ0v) is 12.7. The lowest BCUT2D eigenvalue weighted by Crippen LogP contribution is -2.05. The van der Waals surface area contributed by atoms with Crippen molar-refractivity contribution in [1.82, 2.24) is 0 Å². The van der Waals surface area contributed by atoms with Crippen LogP contribution in [0.15, 0.2) is 12.1 Å². The topological polar surface area (TPSA) is 18.5 Å². The van der Waals surface area contributed by atoms with Crippen LogP contribution in [0.4, 0.5) is 0 Å². The van der Waals surface area contributed by atoms with Crippen molar-refractivity contribution >= 4 is 6.08 Å². The molecular weight excluding hydrogens is 248 g/mol. The second-order valence-corrected chi connectivity index (χ2v) is 5.25. The van der Waals surface area contributed by atoms with E-state index in [-0.39, 0.29) is 0 Å². The van der Waals surface area contributed by atoms with Crippen molar-refractivity contribution in [3.63, 3.8) is 0 Å². The van der Waals surface area contributed by atoms with Gasteiger partial charge in [0, 0.05) is 0 Å². The Labute approximate surface area is 122 Å². The highest BCUT2D eigenvalue weighted by Gasteiger charge is 2.13. The van der Waals surface area contributed by atoms with Gasteiger partial charge in [-0.2, -0.15) is 0 Å². The largest absolute Gasteiger partial charge is 0.490 e. The molecule has 0 unspecified atom stereocenters. The van der Waals surface area contributed by atoms with E-state index in [1.807, 2.05) is 0 Å². The molecule has 0 aromatic heterocycles. The summed E-state index contributed by atoms with van der Waals surface area (Å²) in [5.41, 5.74) is 2.57. The Hall–Kier alpha value is -1.44. The van der Waals surface area contributed by atoms with Crippen LogP contribution in [0.2, 0.25) is 0 Å². The molecule has 1 aliphatic carbocycles. The lowest BCUT2D eigenvalue weighted by molar-refractivity contribution is 0.261. The fraction of sp³-hybridized carbons (Fsp3) is 0.556. The third-order valence-corrected chi connectivity index (χ3v) is 3.51. The molecule has 2 rings (SSSR count). The minimum atomic E-state index is 0.757. The van der Waals surface area contributed by atoms with Gasteiger partial charge in [0.1, 0.15) is 0 Å². The molecular formula is C18H25O2. The number of ether oxygens (including phenoxy) is 2. The predicted molar refractivity (Wildman–Crippen MR) is 83.3 cm³/mol. The van der Waals surface area contributed by atoms with Gasteiger partial charge >= 0.3 is 0 Å². The first kappa shape index (κ1) is 15.0. The predicted octanol–water partition coefficient (Wildman–Crippen LogP) is 4.81. The smallest absolute Gasteiger partial charge is 0.161 e. The van der Waals surface area contributed by atoms with Crippen LogP contribution in [-0.4, -0.2) is 13.2 Å². The van der Waals surface area contributed by atoms with E-state index in [0.717, 1.165) is 63.2 Å². The van der Waals surface area contributed by atoms with Gasteiger partial charge in [0.2, 0.25) is 0 Å². The van der Waals surface area contributed by atoms with Crippen LogP contribution in [0.5, 0.6) is 11.5 Å². The van der Waals surface area contributed by atoms with E-state index < -0.39 is 0 Å². The lowest BCUT2D eigenvalue weighted by Gasteiger charge is -2.17. The standard InChI is InChI=1S/C18H25O2/c1-3-5-11-19-17-13-15-9-7-8-10-16(15)14-18(17)20-12-6-4-2/h10,13-14H,3-7,9,11-12H2,1-2H3. The Kier molecular flexibility index (Phi) is 5.97.